The maximum absolute atomic E-state index is 6.10. The molecule has 2 aliphatic heterocycles. The molecule has 0 N–H and O–H groups in total. The number of benzene rings is 2. The normalized spacial score (nSPS) is 19.0. The second-order valence-electron chi connectivity index (χ2n) is 6.25. The van der Waals surface area contributed by atoms with Crippen LogP contribution >= 0.6 is 11.8 Å². The molecular weight excluding hydrogens is 290 g/mol. The van der Waals surface area contributed by atoms with Gasteiger partial charge >= 0.3 is 0 Å². The molecule has 0 aliphatic carbocycles. The summed E-state index contributed by atoms with van der Waals surface area (Å²) in [6, 6.07) is 15.2. The van der Waals surface area contributed by atoms with E-state index in [0.717, 1.165) is 5.75 Å². The van der Waals surface area contributed by atoms with Crippen molar-refractivity contribution in [1.29, 1.82) is 0 Å². The van der Waals surface area contributed by atoms with Crippen LogP contribution in [-0.4, -0.2) is 25.0 Å². The molecule has 1 saturated heterocycles. The van der Waals surface area contributed by atoms with Crippen LogP contribution in [0.2, 0.25) is 0 Å². The van der Waals surface area contributed by atoms with E-state index in [2.05, 4.69) is 54.4 Å². The Morgan fingerprint density at radius 3 is 2.73 bits per heavy atom. The van der Waals surface area contributed by atoms with Crippen molar-refractivity contribution in [3.8, 4) is 5.75 Å². The third-order valence-corrected chi connectivity index (χ3v) is 5.99. The van der Waals surface area contributed by atoms with Crippen LogP contribution < -0.4 is 4.74 Å². The van der Waals surface area contributed by atoms with Gasteiger partial charge in [0.15, 0.2) is 0 Å². The van der Waals surface area contributed by atoms with Crippen LogP contribution in [0.15, 0.2) is 52.3 Å². The van der Waals surface area contributed by atoms with Gasteiger partial charge in [0, 0.05) is 10.5 Å². The van der Waals surface area contributed by atoms with Crippen molar-refractivity contribution in [3.05, 3.63) is 53.6 Å². The standard InChI is InChI=1S/C19H21NOS/c1-20-11-9-14(10-12-20)16-6-4-7-17-19(16)22-18-8-3-2-5-15(18)13-21-17/h2-8,14H,9-13H2,1H3. The molecule has 0 amide bonds. The molecule has 0 spiro atoms. The quantitative estimate of drug-likeness (QED) is 0.767. The predicted octanol–water partition coefficient (Wildman–Crippen LogP) is 4.54. The van der Waals surface area contributed by atoms with E-state index in [4.69, 9.17) is 4.74 Å². The summed E-state index contributed by atoms with van der Waals surface area (Å²) in [4.78, 5) is 5.10. The third-order valence-electron chi connectivity index (χ3n) is 4.74. The maximum atomic E-state index is 6.10. The molecule has 0 atom stereocenters. The van der Waals surface area contributed by atoms with Crippen LogP contribution in [0.3, 0.4) is 0 Å². The largest absolute Gasteiger partial charge is 0.488 e. The topological polar surface area (TPSA) is 12.5 Å². The summed E-state index contributed by atoms with van der Waals surface area (Å²) >= 11 is 1.89. The Morgan fingerprint density at radius 2 is 1.86 bits per heavy atom. The van der Waals surface area contributed by atoms with Crippen LogP contribution in [0.5, 0.6) is 5.75 Å². The number of fused-ring (bicyclic) bond motifs is 2. The molecule has 1 fully saturated rings. The van der Waals surface area contributed by atoms with Gasteiger partial charge in [0.25, 0.3) is 0 Å². The third kappa shape index (κ3) is 2.64. The summed E-state index contributed by atoms with van der Waals surface area (Å²) in [5.41, 5.74) is 2.77. The molecule has 4 rings (SSSR count). The zero-order valence-electron chi connectivity index (χ0n) is 12.9. The highest BCUT2D eigenvalue weighted by Crippen LogP contribution is 2.45. The summed E-state index contributed by atoms with van der Waals surface area (Å²) < 4.78 is 6.10. The van der Waals surface area contributed by atoms with Crippen LogP contribution in [0.1, 0.15) is 29.9 Å². The van der Waals surface area contributed by atoms with Gasteiger partial charge in [-0.05, 0) is 56.6 Å². The molecular formula is C19H21NOS. The van der Waals surface area contributed by atoms with Crippen molar-refractivity contribution in [2.45, 2.75) is 35.2 Å². The van der Waals surface area contributed by atoms with Gasteiger partial charge in [0.05, 0.1) is 4.90 Å². The highest BCUT2D eigenvalue weighted by molar-refractivity contribution is 7.99. The first-order valence-electron chi connectivity index (χ1n) is 8.01. The minimum atomic E-state index is 0.660. The first kappa shape index (κ1) is 14.2. The molecule has 2 nitrogen and oxygen atoms in total. The van der Waals surface area contributed by atoms with E-state index in [1.54, 1.807) is 0 Å². The average molecular weight is 311 g/mol. The summed E-state index contributed by atoms with van der Waals surface area (Å²) in [5.74, 6) is 1.71. The molecule has 2 aromatic carbocycles. The van der Waals surface area contributed by atoms with Crippen LogP contribution in [0, 0.1) is 0 Å². The fraction of sp³-hybridized carbons (Fsp3) is 0.368. The Hall–Kier alpha value is -1.45. The molecule has 2 aliphatic rings. The molecule has 0 radical (unpaired) electrons. The SMILES string of the molecule is CN1CCC(c2cccc3c2Sc2ccccc2CO3)CC1. The Balaban J connectivity index is 1.71. The first-order valence-corrected chi connectivity index (χ1v) is 8.83. The van der Waals surface area contributed by atoms with E-state index in [9.17, 15) is 0 Å². The number of ether oxygens (including phenoxy) is 1. The van der Waals surface area contributed by atoms with Crippen molar-refractivity contribution in [2.75, 3.05) is 20.1 Å². The molecule has 114 valence electrons. The van der Waals surface area contributed by atoms with Crippen molar-refractivity contribution in [2.24, 2.45) is 0 Å². The van der Waals surface area contributed by atoms with Gasteiger partial charge in [-0.25, -0.2) is 0 Å². The van der Waals surface area contributed by atoms with Crippen LogP contribution in [0.25, 0.3) is 0 Å². The molecule has 22 heavy (non-hydrogen) atoms. The lowest BCUT2D eigenvalue weighted by molar-refractivity contribution is 0.252. The van der Waals surface area contributed by atoms with E-state index >= 15 is 0 Å². The van der Waals surface area contributed by atoms with Gasteiger partial charge < -0.3 is 9.64 Å². The fourth-order valence-corrected chi connectivity index (χ4v) is 4.59. The number of rotatable bonds is 1. The molecule has 0 unspecified atom stereocenters. The summed E-state index contributed by atoms with van der Waals surface area (Å²) in [6.45, 7) is 3.06. The number of nitrogens with zero attached hydrogens (tertiary/aromatic N) is 1. The predicted molar refractivity (Wildman–Crippen MR) is 90.8 cm³/mol. The molecule has 0 saturated carbocycles. The summed E-state index contributed by atoms with van der Waals surface area (Å²) in [6.07, 6.45) is 2.49. The molecule has 0 aromatic heterocycles. The van der Waals surface area contributed by atoms with Gasteiger partial charge in [-0.3, -0.25) is 0 Å². The highest BCUT2D eigenvalue weighted by Gasteiger charge is 2.24. The smallest absolute Gasteiger partial charge is 0.134 e. The zero-order chi connectivity index (χ0) is 14.9. The van der Waals surface area contributed by atoms with Crippen LogP contribution in [0.4, 0.5) is 0 Å². The monoisotopic (exact) mass is 311 g/mol. The summed E-state index contributed by atoms with van der Waals surface area (Å²) in [7, 11) is 2.22. The first-order chi connectivity index (χ1) is 10.8. The second kappa shape index (κ2) is 5.98. The van der Waals surface area contributed by atoms with E-state index < -0.39 is 0 Å². The number of piperidine rings is 1. The Morgan fingerprint density at radius 1 is 1.05 bits per heavy atom. The molecule has 2 aromatic rings. The fourth-order valence-electron chi connectivity index (χ4n) is 3.38. The lowest BCUT2D eigenvalue weighted by atomic mass is 9.89. The Bertz CT molecular complexity index is 677. The van der Waals surface area contributed by atoms with Gasteiger partial charge in [0.2, 0.25) is 0 Å². The van der Waals surface area contributed by atoms with Gasteiger partial charge in [-0.15, -0.1) is 0 Å². The molecule has 3 heteroatoms. The second-order valence-corrected chi connectivity index (χ2v) is 7.30. The van der Waals surface area contributed by atoms with Gasteiger partial charge in [-0.1, -0.05) is 42.1 Å². The lowest BCUT2D eigenvalue weighted by Gasteiger charge is -2.30. The zero-order valence-corrected chi connectivity index (χ0v) is 13.7. The van der Waals surface area contributed by atoms with Crippen molar-refractivity contribution in [1.82, 2.24) is 4.90 Å². The van der Waals surface area contributed by atoms with E-state index in [0.29, 0.717) is 12.5 Å². The van der Waals surface area contributed by atoms with Gasteiger partial charge in [-0.2, -0.15) is 0 Å². The number of likely N-dealkylation sites (tertiary alicyclic amines) is 1. The summed E-state index contributed by atoms with van der Waals surface area (Å²) in [5, 5.41) is 0. The van der Waals surface area contributed by atoms with Crippen molar-refractivity contribution >= 4 is 11.8 Å². The minimum absolute atomic E-state index is 0.660. The maximum Gasteiger partial charge on any atom is 0.134 e. The van der Waals surface area contributed by atoms with Crippen molar-refractivity contribution in [3.63, 3.8) is 0 Å². The van der Waals surface area contributed by atoms with Crippen molar-refractivity contribution < 1.29 is 4.74 Å². The van der Waals surface area contributed by atoms with E-state index in [1.165, 1.54) is 46.8 Å². The van der Waals surface area contributed by atoms with Crippen LogP contribution in [-0.2, 0) is 6.61 Å². The molecule has 2 heterocycles. The Kier molecular flexibility index (Phi) is 3.85. The number of hydrogen-bond acceptors (Lipinski definition) is 3. The number of hydrogen-bond donors (Lipinski definition) is 0. The average Bonchev–Trinajstić information content (AvgIpc) is 2.75. The lowest BCUT2D eigenvalue weighted by Crippen LogP contribution is -2.29. The highest BCUT2D eigenvalue weighted by atomic mass is 32.2. The van der Waals surface area contributed by atoms with Gasteiger partial charge in [0.1, 0.15) is 12.4 Å². The minimum Gasteiger partial charge on any atom is -0.488 e. The van der Waals surface area contributed by atoms with E-state index in [1.807, 2.05) is 11.8 Å². The van der Waals surface area contributed by atoms with E-state index in [-0.39, 0.29) is 0 Å². The molecule has 0 bridgehead atoms. The Labute approximate surface area is 136 Å².